The van der Waals surface area contributed by atoms with Crippen molar-refractivity contribution in [3.63, 3.8) is 0 Å². The number of benzene rings is 3. The number of ether oxygens (including phenoxy) is 2. The Morgan fingerprint density at radius 2 is 1.53 bits per heavy atom. The summed E-state index contributed by atoms with van der Waals surface area (Å²) in [6.45, 7) is 5.18. The number of hydrogen-bond acceptors (Lipinski definition) is 5. The fourth-order valence-electron chi connectivity index (χ4n) is 4.31. The smallest absolute Gasteiger partial charge is 0.338 e. The van der Waals surface area contributed by atoms with Crippen molar-refractivity contribution in [1.82, 2.24) is 0 Å². The van der Waals surface area contributed by atoms with Gasteiger partial charge in [-0.2, -0.15) is 0 Å². The van der Waals surface area contributed by atoms with Gasteiger partial charge in [-0.15, -0.1) is 0 Å². The number of carbonyl (C=O) groups is 2. The summed E-state index contributed by atoms with van der Waals surface area (Å²) in [5.41, 5.74) is 5.19. The maximum absolute atomic E-state index is 12.0. The predicted octanol–water partition coefficient (Wildman–Crippen LogP) is 7.47. The molecule has 0 aliphatic carbocycles. The summed E-state index contributed by atoms with van der Waals surface area (Å²) in [5.74, 6) is -0.144. The minimum absolute atomic E-state index is 0.132. The second-order valence-corrected chi connectivity index (χ2v) is 9.22. The van der Waals surface area contributed by atoms with E-state index in [0.29, 0.717) is 25.2 Å². The number of esters is 2. The molecule has 38 heavy (non-hydrogen) atoms. The van der Waals surface area contributed by atoms with Gasteiger partial charge in [0, 0.05) is 18.7 Å². The van der Waals surface area contributed by atoms with Crippen LogP contribution in [-0.2, 0) is 27.2 Å². The van der Waals surface area contributed by atoms with Crippen LogP contribution in [0.5, 0.6) is 0 Å². The minimum Gasteiger partial charge on any atom is -0.466 e. The first kappa shape index (κ1) is 28.7. The van der Waals surface area contributed by atoms with E-state index in [0.717, 1.165) is 49.0 Å². The molecule has 0 amide bonds. The third kappa shape index (κ3) is 9.89. The highest BCUT2D eigenvalue weighted by molar-refractivity contribution is 5.89. The molecule has 0 saturated carbocycles. The normalized spacial score (nSPS) is 11.7. The molecule has 0 heterocycles. The summed E-state index contributed by atoms with van der Waals surface area (Å²) in [6, 6.07) is 26.3. The number of carbonyl (C=O) groups excluding carboxylic acids is 2. The molecule has 0 aliphatic heterocycles. The molecule has 0 saturated heterocycles. The SMILES string of the molecule is CCOC(=O)CCCCC(/C=C/c1ccccc1NCc1ccccc1)Cc1ccc(C(=O)OCC)cc1. The van der Waals surface area contributed by atoms with Crippen LogP contribution in [0.1, 0.15) is 66.6 Å². The van der Waals surface area contributed by atoms with Crippen LogP contribution >= 0.6 is 0 Å². The molecular formula is C33H39NO4. The molecule has 1 atom stereocenters. The zero-order valence-corrected chi connectivity index (χ0v) is 22.5. The summed E-state index contributed by atoms with van der Waals surface area (Å²) in [5, 5.41) is 3.56. The van der Waals surface area contributed by atoms with E-state index >= 15 is 0 Å². The van der Waals surface area contributed by atoms with Gasteiger partial charge in [-0.25, -0.2) is 4.79 Å². The molecule has 1 N–H and O–H groups in total. The fraction of sp³-hybridized carbons (Fsp3) is 0.333. The maximum atomic E-state index is 12.0. The summed E-state index contributed by atoms with van der Waals surface area (Å²) in [7, 11) is 0. The van der Waals surface area contributed by atoms with Crippen molar-refractivity contribution in [2.45, 2.75) is 52.5 Å². The average Bonchev–Trinajstić information content (AvgIpc) is 2.94. The highest BCUT2D eigenvalue weighted by Gasteiger charge is 2.11. The lowest BCUT2D eigenvalue weighted by Gasteiger charge is -2.15. The predicted molar refractivity (Wildman–Crippen MR) is 154 cm³/mol. The Balaban J connectivity index is 1.69. The Kier molecular flexibility index (Phi) is 12.1. The molecule has 3 aromatic carbocycles. The molecular weight excluding hydrogens is 474 g/mol. The van der Waals surface area contributed by atoms with Crippen molar-refractivity contribution < 1.29 is 19.1 Å². The summed E-state index contributed by atoms with van der Waals surface area (Å²) < 4.78 is 10.2. The molecule has 5 nitrogen and oxygen atoms in total. The monoisotopic (exact) mass is 513 g/mol. The van der Waals surface area contributed by atoms with Gasteiger partial charge in [-0.3, -0.25) is 4.79 Å². The largest absolute Gasteiger partial charge is 0.466 e. The van der Waals surface area contributed by atoms with Crippen molar-refractivity contribution in [2.75, 3.05) is 18.5 Å². The standard InChI is InChI=1S/C33H39NO4/c1-3-37-32(35)17-11-8-12-26(24-27-19-22-30(23-20-27)33(36)38-4-2)18-21-29-15-9-10-16-31(29)34-25-28-13-6-5-7-14-28/h5-7,9-10,13-16,18-23,26,34H,3-4,8,11-12,17,24-25H2,1-2H3/b21-18+. The van der Waals surface area contributed by atoms with Gasteiger partial charge in [-0.05, 0) is 73.9 Å². The Morgan fingerprint density at radius 1 is 0.816 bits per heavy atom. The lowest BCUT2D eigenvalue weighted by molar-refractivity contribution is -0.143. The molecule has 0 fully saturated rings. The molecule has 200 valence electrons. The first-order valence-corrected chi connectivity index (χ1v) is 13.6. The van der Waals surface area contributed by atoms with Gasteiger partial charge in [0.25, 0.3) is 0 Å². The first-order valence-electron chi connectivity index (χ1n) is 13.6. The third-order valence-electron chi connectivity index (χ3n) is 6.31. The second-order valence-electron chi connectivity index (χ2n) is 9.22. The molecule has 0 radical (unpaired) electrons. The van der Waals surface area contributed by atoms with Crippen LogP contribution in [0.2, 0.25) is 0 Å². The Labute approximate surface area is 226 Å². The molecule has 1 unspecified atom stereocenters. The van der Waals surface area contributed by atoms with Crippen LogP contribution in [0.4, 0.5) is 5.69 Å². The number of unbranched alkanes of at least 4 members (excludes halogenated alkanes) is 1. The van der Waals surface area contributed by atoms with E-state index in [1.807, 2.05) is 43.3 Å². The van der Waals surface area contributed by atoms with E-state index in [4.69, 9.17) is 9.47 Å². The lowest BCUT2D eigenvalue weighted by atomic mass is 9.92. The summed E-state index contributed by atoms with van der Waals surface area (Å²) in [4.78, 5) is 23.8. The molecule has 0 aromatic heterocycles. The van der Waals surface area contributed by atoms with Gasteiger partial charge in [0.2, 0.25) is 0 Å². The number of allylic oxidation sites excluding steroid dienone is 1. The van der Waals surface area contributed by atoms with Crippen molar-refractivity contribution in [3.05, 3.63) is 107 Å². The topological polar surface area (TPSA) is 64.6 Å². The number of para-hydroxylation sites is 1. The molecule has 0 spiro atoms. The minimum atomic E-state index is -0.297. The third-order valence-corrected chi connectivity index (χ3v) is 6.31. The maximum Gasteiger partial charge on any atom is 0.338 e. The van der Waals surface area contributed by atoms with E-state index in [1.54, 1.807) is 6.92 Å². The van der Waals surface area contributed by atoms with Gasteiger partial charge in [0.15, 0.2) is 0 Å². The Bertz CT molecular complexity index is 1160. The van der Waals surface area contributed by atoms with Gasteiger partial charge >= 0.3 is 11.9 Å². The zero-order chi connectivity index (χ0) is 27.0. The summed E-state index contributed by atoms with van der Waals surface area (Å²) >= 11 is 0. The van der Waals surface area contributed by atoms with E-state index in [1.165, 1.54) is 5.56 Å². The van der Waals surface area contributed by atoms with Crippen molar-refractivity contribution in [2.24, 2.45) is 5.92 Å². The molecule has 3 aromatic rings. The number of hydrogen-bond donors (Lipinski definition) is 1. The second kappa shape index (κ2) is 16.1. The highest BCUT2D eigenvalue weighted by atomic mass is 16.5. The van der Waals surface area contributed by atoms with Gasteiger partial charge < -0.3 is 14.8 Å². The Hall–Kier alpha value is -3.86. The lowest BCUT2D eigenvalue weighted by Crippen LogP contribution is -2.07. The quantitative estimate of drug-likeness (QED) is 0.169. The first-order chi connectivity index (χ1) is 18.6. The van der Waals surface area contributed by atoms with Crippen molar-refractivity contribution in [3.8, 4) is 0 Å². The molecule has 3 rings (SSSR count). The molecule has 0 bridgehead atoms. The molecule has 5 heteroatoms. The number of anilines is 1. The van der Waals surface area contributed by atoms with Gasteiger partial charge in [-0.1, -0.05) is 79.2 Å². The number of nitrogens with one attached hydrogen (secondary N) is 1. The van der Waals surface area contributed by atoms with E-state index in [2.05, 4.69) is 59.9 Å². The van der Waals surface area contributed by atoms with Crippen LogP contribution in [0.3, 0.4) is 0 Å². The number of rotatable bonds is 15. The van der Waals surface area contributed by atoms with E-state index < -0.39 is 0 Å². The van der Waals surface area contributed by atoms with Gasteiger partial charge in [0.1, 0.15) is 0 Å². The zero-order valence-electron chi connectivity index (χ0n) is 22.5. The van der Waals surface area contributed by atoms with Crippen molar-refractivity contribution >= 4 is 23.7 Å². The Morgan fingerprint density at radius 3 is 2.26 bits per heavy atom. The van der Waals surface area contributed by atoms with Crippen LogP contribution in [0.25, 0.3) is 6.08 Å². The summed E-state index contributed by atoms with van der Waals surface area (Å²) in [6.07, 6.45) is 8.45. The van der Waals surface area contributed by atoms with E-state index in [-0.39, 0.29) is 17.9 Å². The van der Waals surface area contributed by atoms with Gasteiger partial charge in [0.05, 0.1) is 18.8 Å². The fourth-order valence-corrected chi connectivity index (χ4v) is 4.31. The van der Waals surface area contributed by atoms with Crippen LogP contribution in [-0.4, -0.2) is 25.2 Å². The van der Waals surface area contributed by atoms with Crippen LogP contribution in [0, 0.1) is 5.92 Å². The van der Waals surface area contributed by atoms with Crippen LogP contribution < -0.4 is 5.32 Å². The highest BCUT2D eigenvalue weighted by Crippen LogP contribution is 2.23. The molecule has 0 aliphatic rings. The van der Waals surface area contributed by atoms with E-state index in [9.17, 15) is 9.59 Å². The average molecular weight is 514 g/mol. The van der Waals surface area contributed by atoms with Crippen LogP contribution in [0.15, 0.2) is 84.9 Å². The van der Waals surface area contributed by atoms with Crippen molar-refractivity contribution in [1.29, 1.82) is 0 Å².